The second kappa shape index (κ2) is 7.81. The molecule has 2 amide bonds. The van der Waals surface area contributed by atoms with Gasteiger partial charge in [-0.1, -0.05) is 30.3 Å². The van der Waals surface area contributed by atoms with Gasteiger partial charge in [0.15, 0.2) is 0 Å². The van der Waals surface area contributed by atoms with Crippen LogP contribution in [0.1, 0.15) is 28.4 Å². The van der Waals surface area contributed by atoms with E-state index in [0.29, 0.717) is 16.8 Å². The Balaban J connectivity index is 2.04. The number of alkyl halides is 3. The first-order valence-electron chi connectivity index (χ1n) is 7.57. The molecule has 136 valence electrons. The van der Waals surface area contributed by atoms with Crippen LogP contribution in [0.4, 0.5) is 18.9 Å². The Morgan fingerprint density at radius 3 is 2.19 bits per heavy atom. The van der Waals surface area contributed by atoms with Crippen molar-refractivity contribution in [2.45, 2.75) is 20.0 Å². The van der Waals surface area contributed by atoms with Crippen LogP contribution in [0, 0.1) is 6.92 Å². The molecule has 5 nitrogen and oxygen atoms in total. The zero-order valence-corrected chi connectivity index (χ0v) is 14.0. The lowest BCUT2D eigenvalue weighted by Gasteiger charge is -2.09. The van der Waals surface area contributed by atoms with Gasteiger partial charge in [-0.15, -0.1) is 0 Å². The number of hydrogen-bond acceptors (Lipinski definition) is 3. The molecule has 0 aliphatic carbocycles. The van der Waals surface area contributed by atoms with Crippen LogP contribution in [-0.2, 0) is 4.79 Å². The van der Waals surface area contributed by atoms with E-state index in [1.54, 1.807) is 37.4 Å². The highest BCUT2D eigenvalue weighted by atomic mass is 19.4. The van der Waals surface area contributed by atoms with Crippen LogP contribution in [0.5, 0.6) is 0 Å². The standard InChI is InChI=1S/C18H16F3N3O2/c1-11-5-3-4-6-15(11)16(25)24-23-12(2)13-7-9-14(10-8-13)22-17(26)18(19,20)21/h3-10H,1-2H3,(H,22,26)(H,24,25). The number of carbonyl (C=O) groups is 2. The molecule has 0 aromatic heterocycles. The molecule has 0 radical (unpaired) electrons. The van der Waals surface area contributed by atoms with Gasteiger partial charge in [0.05, 0.1) is 5.71 Å². The fraction of sp³-hybridized carbons (Fsp3) is 0.167. The Kier molecular flexibility index (Phi) is 5.76. The average molecular weight is 363 g/mol. The maximum absolute atomic E-state index is 12.2. The first-order chi connectivity index (χ1) is 12.2. The van der Waals surface area contributed by atoms with Crippen molar-refractivity contribution in [1.82, 2.24) is 5.43 Å². The third kappa shape index (κ3) is 4.92. The van der Waals surface area contributed by atoms with E-state index in [9.17, 15) is 22.8 Å². The van der Waals surface area contributed by atoms with E-state index in [-0.39, 0.29) is 11.6 Å². The molecule has 0 bridgehead atoms. The maximum atomic E-state index is 12.2. The van der Waals surface area contributed by atoms with Crippen LogP contribution in [0.15, 0.2) is 53.6 Å². The fourth-order valence-electron chi connectivity index (χ4n) is 2.08. The Bertz CT molecular complexity index is 844. The van der Waals surface area contributed by atoms with Crippen LogP contribution >= 0.6 is 0 Å². The number of hydrogen-bond donors (Lipinski definition) is 2. The molecule has 0 spiro atoms. The van der Waals surface area contributed by atoms with Gasteiger partial charge in [-0.05, 0) is 43.2 Å². The first-order valence-corrected chi connectivity index (χ1v) is 7.57. The van der Waals surface area contributed by atoms with Crippen molar-refractivity contribution in [2.24, 2.45) is 5.10 Å². The molecular weight excluding hydrogens is 347 g/mol. The molecular formula is C18H16F3N3O2. The third-order valence-electron chi connectivity index (χ3n) is 3.53. The summed E-state index contributed by atoms with van der Waals surface area (Å²) < 4.78 is 36.6. The predicted octanol–water partition coefficient (Wildman–Crippen LogP) is 3.65. The number of carbonyl (C=O) groups excluding carboxylic acids is 2. The number of hydrazone groups is 1. The topological polar surface area (TPSA) is 70.6 Å². The third-order valence-corrected chi connectivity index (χ3v) is 3.53. The van der Waals surface area contributed by atoms with Crippen molar-refractivity contribution in [3.05, 3.63) is 65.2 Å². The normalized spacial score (nSPS) is 11.8. The molecule has 0 fully saturated rings. The number of amides is 2. The summed E-state index contributed by atoms with van der Waals surface area (Å²) in [5, 5.41) is 5.74. The van der Waals surface area contributed by atoms with Crippen molar-refractivity contribution in [3.8, 4) is 0 Å². The van der Waals surface area contributed by atoms with Crippen molar-refractivity contribution >= 4 is 23.2 Å². The highest BCUT2D eigenvalue weighted by Crippen LogP contribution is 2.18. The number of rotatable bonds is 4. The Morgan fingerprint density at radius 1 is 1.00 bits per heavy atom. The minimum absolute atomic E-state index is 0.00724. The van der Waals surface area contributed by atoms with E-state index in [1.807, 2.05) is 6.07 Å². The van der Waals surface area contributed by atoms with Gasteiger partial charge < -0.3 is 5.32 Å². The van der Waals surface area contributed by atoms with E-state index in [2.05, 4.69) is 10.5 Å². The van der Waals surface area contributed by atoms with Crippen LogP contribution in [0.2, 0.25) is 0 Å². The molecule has 0 atom stereocenters. The highest BCUT2D eigenvalue weighted by Gasteiger charge is 2.38. The Morgan fingerprint density at radius 2 is 1.62 bits per heavy atom. The molecule has 2 N–H and O–H groups in total. The molecule has 0 saturated carbocycles. The van der Waals surface area contributed by atoms with Gasteiger partial charge in [0.25, 0.3) is 5.91 Å². The minimum atomic E-state index is -4.95. The van der Waals surface area contributed by atoms with Gasteiger partial charge in [-0.25, -0.2) is 5.43 Å². The second-order valence-corrected chi connectivity index (χ2v) is 5.48. The highest BCUT2D eigenvalue weighted by molar-refractivity contribution is 6.02. The molecule has 2 rings (SSSR count). The van der Waals surface area contributed by atoms with Crippen LogP contribution in [0.25, 0.3) is 0 Å². The SMILES string of the molecule is CC(=NNC(=O)c1ccccc1C)c1ccc(NC(=O)C(F)(F)F)cc1. The summed E-state index contributed by atoms with van der Waals surface area (Å²) in [4.78, 5) is 23.0. The Hall–Kier alpha value is -3.16. The number of halogens is 3. The smallest absolute Gasteiger partial charge is 0.318 e. The molecule has 0 saturated heterocycles. The van der Waals surface area contributed by atoms with Crippen LogP contribution in [-0.4, -0.2) is 23.7 Å². The van der Waals surface area contributed by atoms with Crippen LogP contribution < -0.4 is 10.7 Å². The van der Waals surface area contributed by atoms with E-state index < -0.39 is 12.1 Å². The van der Waals surface area contributed by atoms with Crippen molar-refractivity contribution in [3.63, 3.8) is 0 Å². The quantitative estimate of drug-likeness (QED) is 0.643. The van der Waals surface area contributed by atoms with Gasteiger partial charge in [0.1, 0.15) is 0 Å². The minimum Gasteiger partial charge on any atom is -0.318 e. The largest absolute Gasteiger partial charge is 0.471 e. The summed E-state index contributed by atoms with van der Waals surface area (Å²) in [6.45, 7) is 3.45. The van der Waals surface area contributed by atoms with Crippen molar-refractivity contribution < 1.29 is 22.8 Å². The second-order valence-electron chi connectivity index (χ2n) is 5.48. The molecule has 2 aromatic carbocycles. The van der Waals surface area contributed by atoms with E-state index in [1.165, 1.54) is 24.3 Å². The van der Waals surface area contributed by atoms with Gasteiger partial charge in [-0.3, -0.25) is 9.59 Å². The maximum Gasteiger partial charge on any atom is 0.471 e. The van der Waals surface area contributed by atoms with E-state index in [4.69, 9.17) is 0 Å². The van der Waals surface area contributed by atoms with Crippen molar-refractivity contribution in [2.75, 3.05) is 5.32 Å². The number of benzene rings is 2. The monoisotopic (exact) mass is 363 g/mol. The van der Waals surface area contributed by atoms with Gasteiger partial charge in [-0.2, -0.15) is 18.3 Å². The summed E-state index contributed by atoms with van der Waals surface area (Å²) in [6.07, 6.45) is -4.95. The molecule has 8 heteroatoms. The lowest BCUT2D eigenvalue weighted by Crippen LogP contribution is -2.29. The molecule has 0 aliphatic rings. The van der Waals surface area contributed by atoms with Crippen LogP contribution in [0.3, 0.4) is 0 Å². The first kappa shape index (κ1) is 19.2. The number of nitrogens with one attached hydrogen (secondary N) is 2. The summed E-state index contributed by atoms with van der Waals surface area (Å²) in [7, 11) is 0. The van der Waals surface area contributed by atoms with Gasteiger partial charge >= 0.3 is 12.1 Å². The predicted molar refractivity (Wildman–Crippen MR) is 92.0 cm³/mol. The summed E-state index contributed by atoms with van der Waals surface area (Å²) >= 11 is 0. The molecule has 2 aromatic rings. The molecule has 0 unspecified atom stereocenters. The zero-order valence-electron chi connectivity index (χ0n) is 14.0. The van der Waals surface area contributed by atoms with Crippen molar-refractivity contribution in [1.29, 1.82) is 0 Å². The molecule has 0 heterocycles. The van der Waals surface area contributed by atoms with E-state index in [0.717, 1.165) is 5.56 Å². The molecule has 0 aliphatic heterocycles. The summed E-state index contributed by atoms with van der Waals surface area (Å²) in [6, 6.07) is 12.7. The lowest BCUT2D eigenvalue weighted by atomic mass is 10.1. The Labute approximate surface area is 147 Å². The lowest BCUT2D eigenvalue weighted by molar-refractivity contribution is -0.167. The summed E-state index contributed by atoms with van der Waals surface area (Å²) in [5.41, 5.74) is 4.79. The zero-order chi connectivity index (χ0) is 19.3. The van der Waals surface area contributed by atoms with Gasteiger partial charge in [0, 0.05) is 11.3 Å². The number of nitrogens with zero attached hydrogens (tertiary/aromatic N) is 1. The van der Waals surface area contributed by atoms with E-state index >= 15 is 0 Å². The number of anilines is 1. The fourth-order valence-corrected chi connectivity index (χ4v) is 2.08. The molecule has 26 heavy (non-hydrogen) atoms. The summed E-state index contributed by atoms with van der Waals surface area (Å²) in [5.74, 6) is -2.40. The number of aryl methyl sites for hydroxylation is 1. The average Bonchev–Trinajstić information content (AvgIpc) is 2.59. The van der Waals surface area contributed by atoms with Gasteiger partial charge in [0.2, 0.25) is 0 Å².